The molecule has 0 radical (unpaired) electrons. The summed E-state index contributed by atoms with van der Waals surface area (Å²) in [5.41, 5.74) is 1.06. The van der Waals surface area contributed by atoms with Crippen LogP contribution in [0.5, 0.6) is 5.75 Å². The summed E-state index contributed by atoms with van der Waals surface area (Å²) in [5, 5.41) is 9.36. The van der Waals surface area contributed by atoms with E-state index in [1.807, 2.05) is 0 Å². The third kappa shape index (κ3) is 3.35. The van der Waals surface area contributed by atoms with Crippen molar-refractivity contribution in [1.82, 2.24) is 0 Å². The molecule has 1 N–H and O–H groups in total. The fourth-order valence-corrected chi connectivity index (χ4v) is 2.09. The highest BCUT2D eigenvalue weighted by atomic mass is 79.9. The number of halogens is 3. The predicted octanol–water partition coefficient (Wildman–Crippen LogP) is 4.36. The van der Waals surface area contributed by atoms with Crippen molar-refractivity contribution in [2.24, 2.45) is 0 Å². The lowest BCUT2D eigenvalue weighted by Crippen LogP contribution is -2.00. The van der Waals surface area contributed by atoms with Crippen molar-refractivity contribution in [3.05, 3.63) is 63.6 Å². The van der Waals surface area contributed by atoms with E-state index in [2.05, 4.69) is 15.9 Å². The largest absolute Gasteiger partial charge is 0.486 e. The molecule has 106 valence electrons. The quantitative estimate of drug-likeness (QED) is 0.894. The summed E-state index contributed by atoms with van der Waals surface area (Å²) >= 11 is 3.12. The van der Waals surface area contributed by atoms with Crippen molar-refractivity contribution >= 4 is 15.9 Å². The van der Waals surface area contributed by atoms with E-state index < -0.39 is 17.7 Å². The zero-order chi connectivity index (χ0) is 14.7. The average Bonchev–Trinajstić information content (AvgIpc) is 2.41. The minimum Gasteiger partial charge on any atom is -0.486 e. The molecule has 20 heavy (non-hydrogen) atoms. The summed E-state index contributed by atoms with van der Waals surface area (Å²) in [6.45, 7) is 1.60. The van der Waals surface area contributed by atoms with E-state index in [9.17, 15) is 13.9 Å². The van der Waals surface area contributed by atoms with Gasteiger partial charge in [0.2, 0.25) is 0 Å². The van der Waals surface area contributed by atoms with Gasteiger partial charge in [-0.3, -0.25) is 0 Å². The number of aliphatic hydroxyl groups is 1. The Morgan fingerprint density at radius 2 is 1.95 bits per heavy atom. The van der Waals surface area contributed by atoms with Crippen LogP contribution in [-0.2, 0) is 6.61 Å². The SMILES string of the molecule is CC(O)c1ccc(OCc2cccc(F)c2Br)c(F)c1. The second-order valence-corrected chi connectivity index (χ2v) is 5.16. The van der Waals surface area contributed by atoms with Gasteiger partial charge in [0.15, 0.2) is 11.6 Å². The standard InChI is InChI=1S/C15H13BrF2O2/c1-9(19)10-5-6-14(13(18)7-10)20-8-11-3-2-4-12(17)15(11)16/h2-7,9,19H,8H2,1H3. The molecule has 0 amide bonds. The lowest BCUT2D eigenvalue weighted by molar-refractivity contribution is 0.198. The third-order valence-electron chi connectivity index (χ3n) is 2.85. The van der Waals surface area contributed by atoms with Crippen LogP contribution in [0.3, 0.4) is 0 Å². The highest BCUT2D eigenvalue weighted by Crippen LogP contribution is 2.25. The normalized spacial score (nSPS) is 12.2. The first-order valence-corrected chi connectivity index (χ1v) is 6.81. The van der Waals surface area contributed by atoms with Crippen LogP contribution in [-0.4, -0.2) is 5.11 Å². The van der Waals surface area contributed by atoms with E-state index in [-0.39, 0.29) is 12.4 Å². The maximum Gasteiger partial charge on any atom is 0.165 e. The molecule has 0 spiro atoms. The van der Waals surface area contributed by atoms with E-state index in [1.165, 1.54) is 18.2 Å². The van der Waals surface area contributed by atoms with Gasteiger partial charge in [0, 0.05) is 5.56 Å². The molecule has 2 rings (SSSR count). The second kappa shape index (κ2) is 6.33. The topological polar surface area (TPSA) is 29.5 Å². The van der Waals surface area contributed by atoms with Crippen LogP contribution < -0.4 is 4.74 Å². The summed E-state index contributed by atoms with van der Waals surface area (Å²) < 4.78 is 32.7. The van der Waals surface area contributed by atoms with Crippen LogP contribution in [0.2, 0.25) is 0 Å². The van der Waals surface area contributed by atoms with Gasteiger partial charge in [0.1, 0.15) is 12.4 Å². The highest BCUT2D eigenvalue weighted by molar-refractivity contribution is 9.10. The van der Waals surface area contributed by atoms with Gasteiger partial charge in [-0.1, -0.05) is 18.2 Å². The zero-order valence-corrected chi connectivity index (χ0v) is 12.3. The van der Waals surface area contributed by atoms with Gasteiger partial charge >= 0.3 is 0 Å². The van der Waals surface area contributed by atoms with E-state index in [4.69, 9.17) is 4.74 Å². The lowest BCUT2D eigenvalue weighted by Gasteiger charge is -2.11. The molecule has 0 heterocycles. The third-order valence-corrected chi connectivity index (χ3v) is 3.74. The van der Waals surface area contributed by atoms with Crippen molar-refractivity contribution < 1.29 is 18.6 Å². The van der Waals surface area contributed by atoms with Gasteiger partial charge in [-0.05, 0) is 46.6 Å². The Kier molecular flexibility index (Phi) is 4.73. The van der Waals surface area contributed by atoms with Gasteiger partial charge in [-0.15, -0.1) is 0 Å². The molecule has 0 aliphatic carbocycles. The molecule has 0 fully saturated rings. The number of hydrogen-bond donors (Lipinski definition) is 1. The molecule has 0 aromatic heterocycles. The van der Waals surface area contributed by atoms with Crippen molar-refractivity contribution in [2.75, 3.05) is 0 Å². The molecule has 0 saturated carbocycles. The van der Waals surface area contributed by atoms with Crippen LogP contribution in [0.1, 0.15) is 24.2 Å². The maximum atomic E-state index is 13.8. The molecule has 0 aliphatic heterocycles. The first kappa shape index (κ1) is 14.9. The van der Waals surface area contributed by atoms with Crippen molar-refractivity contribution in [2.45, 2.75) is 19.6 Å². The fourth-order valence-electron chi connectivity index (χ4n) is 1.71. The van der Waals surface area contributed by atoms with Crippen molar-refractivity contribution in [3.8, 4) is 5.75 Å². The smallest absolute Gasteiger partial charge is 0.165 e. The minimum absolute atomic E-state index is 0.0449. The summed E-state index contributed by atoms with van der Waals surface area (Å²) in [7, 11) is 0. The molecular formula is C15H13BrF2O2. The number of aliphatic hydroxyl groups excluding tert-OH is 1. The molecule has 1 unspecified atom stereocenters. The molecule has 2 aromatic carbocycles. The van der Waals surface area contributed by atoms with E-state index >= 15 is 0 Å². The molecule has 0 aliphatic rings. The molecule has 2 nitrogen and oxygen atoms in total. The summed E-state index contributed by atoms with van der Waals surface area (Å²) in [6.07, 6.45) is -0.740. The number of ether oxygens (including phenoxy) is 1. The monoisotopic (exact) mass is 342 g/mol. The molecule has 0 saturated heterocycles. The van der Waals surface area contributed by atoms with Crippen molar-refractivity contribution in [1.29, 1.82) is 0 Å². The molecule has 5 heteroatoms. The zero-order valence-electron chi connectivity index (χ0n) is 10.7. The van der Waals surface area contributed by atoms with Crippen molar-refractivity contribution in [3.63, 3.8) is 0 Å². The Morgan fingerprint density at radius 3 is 2.60 bits per heavy atom. The first-order chi connectivity index (χ1) is 9.49. The van der Waals surface area contributed by atoms with Gasteiger partial charge in [0.05, 0.1) is 10.6 Å². The van der Waals surface area contributed by atoms with Gasteiger partial charge in [0.25, 0.3) is 0 Å². The number of benzene rings is 2. The van der Waals surface area contributed by atoms with Crippen LogP contribution in [0.4, 0.5) is 8.78 Å². The highest BCUT2D eigenvalue weighted by Gasteiger charge is 2.10. The molecule has 0 bridgehead atoms. The van der Waals surface area contributed by atoms with Crippen LogP contribution >= 0.6 is 15.9 Å². The number of rotatable bonds is 4. The Balaban J connectivity index is 2.13. The van der Waals surface area contributed by atoms with Crippen LogP contribution in [0, 0.1) is 11.6 Å². The lowest BCUT2D eigenvalue weighted by atomic mass is 10.1. The van der Waals surface area contributed by atoms with Gasteiger partial charge < -0.3 is 9.84 Å². The van der Waals surface area contributed by atoms with E-state index in [1.54, 1.807) is 25.1 Å². The summed E-state index contributed by atoms with van der Waals surface area (Å²) in [4.78, 5) is 0. The second-order valence-electron chi connectivity index (χ2n) is 4.37. The van der Waals surface area contributed by atoms with E-state index in [0.29, 0.717) is 15.6 Å². The Bertz CT molecular complexity index is 615. The number of hydrogen-bond acceptors (Lipinski definition) is 2. The average molecular weight is 343 g/mol. The summed E-state index contributed by atoms with van der Waals surface area (Å²) in [6, 6.07) is 8.83. The maximum absolute atomic E-state index is 13.8. The molecular weight excluding hydrogens is 330 g/mol. The fraction of sp³-hybridized carbons (Fsp3) is 0.200. The van der Waals surface area contributed by atoms with Crippen LogP contribution in [0.25, 0.3) is 0 Å². The van der Waals surface area contributed by atoms with Gasteiger partial charge in [-0.25, -0.2) is 8.78 Å². The summed E-state index contributed by atoms with van der Waals surface area (Å²) in [5.74, 6) is -0.891. The Labute approximate surface area is 124 Å². The molecule has 2 aromatic rings. The minimum atomic E-state index is -0.740. The Hall–Kier alpha value is -1.46. The predicted molar refractivity (Wildman–Crippen MR) is 75.5 cm³/mol. The van der Waals surface area contributed by atoms with Gasteiger partial charge in [-0.2, -0.15) is 0 Å². The van der Waals surface area contributed by atoms with Crippen LogP contribution in [0.15, 0.2) is 40.9 Å². The van der Waals surface area contributed by atoms with E-state index in [0.717, 1.165) is 0 Å². The first-order valence-electron chi connectivity index (χ1n) is 6.02. The Morgan fingerprint density at radius 1 is 1.20 bits per heavy atom. The molecule has 1 atom stereocenters.